The molecule has 0 fully saturated rings. The molecular weight excluding hydrogens is 336 g/mol. The number of amides is 1. The molecule has 0 atom stereocenters. The Bertz CT molecular complexity index is 649. The van der Waals surface area contributed by atoms with Crippen LogP contribution in [0.5, 0.6) is 5.75 Å². The lowest BCUT2D eigenvalue weighted by Gasteiger charge is -2.08. The van der Waals surface area contributed by atoms with E-state index in [4.69, 9.17) is 4.74 Å². The monoisotopic (exact) mass is 350 g/mol. The van der Waals surface area contributed by atoms with Gasteiger partial charge in [0.1, 0.15) is 17.3 Å². The lowest BCUT2D eigenvalue weighted by atomic mass is 10.3. The Morgan fingerprint density at radius 1 is 1.33 bits per heavy atom. The Morgan fingerprint density at radius 3 is 2.86 bits per heavy atom. The van der Waals surface area contributed by atoms with Crippen LogP contribution < -0.4 is 15.4 Å². The SMILES string of the molecule is CCNc1cncc(C(=O)Nc2cc(Br)cc(OC)c2)n1. The summed E-state index contributed by atoms with van der Waals surface area (Å²) in [6.07, 6.45) is 2.99. The molecule has 0 aliphatic heterocycles. The Kier molecular flexibility index (Phi) is 5.10. The first-order valence-electron chi connectivity index (χ1n) is 6.34. The number of hydrogen-bond acceptors (Lipinski definition) is 5. The molecule has 2 aromatic rings. The van der Waals surface area contributed by atoms with Crippen molar-refractivity contribution in [1.82, 2.24) is 9.97 Å². The number of carbonyl (C=O) groups excluding carboxylic acids is 1. The standard InChI is InChI=1S/C14H15BrN4O2/c1-3-17-13-8-16-7-12(19-13)14(20)18-10-4-9(15)5-11(6-10)21-2/h4-8H,3H2,1-2H3,(H,17,19)(H,18,20). The summed E-state index contributed by atoms with van der Waals surface area (Å²) in [5.74, 6) is 0.881. The number of rotatable bonds is 5. The third-order valence-corrected chi connectivity index (χ3v) is 3.05. The first kappa shape index (κ1) is 15.2. The average molecular weight is 351 g/mol. The molecule has 0 radical (unpaired) electrons. The molecule has 6 nitrogen and oxygen atoms in total. The summed E-state index contributed by atoms with van der Waals surface area (Å²) in [5, 5.41) is 5.78. The summed E-state index contributed by atoms with van der Waals surface area (Å²) in [6, 6.07) is 5.31. The van der Waals surface area contributed by atoms with Gasteiger partial charge in [0.2, 0.25) is 0 Å². The summed E-state index contributed by atoms with van der Waals surface area (Å²) in [6.45, 7) is 2.66. The van der Waals surface area contributed by atoms with Crippen LogP contribution in [0.25, 0.3) is 0 Å². The maximum atomic E-state index is 12.2. The summed E-state index contributed by atoms with van der Waals surface area (Å²) < 4.78 is 5.96. The molecule has 0 unspecified atom stereocenters. The third kappa shape index (κ3) is 4.16. The Balaban J connectivity index is 2.17. The number of carbonyl (C=O) groups is 1. The van der Waals surface area contributed by atoms with E-state index in [1.54, 1.807) is 31.5 Å². The van der Waals surface area contributed by atoms with Gasteiger partial charge in [-0.1, -0.05) is 15.9 Å². The number of ether oxygens (including phenoxy) is 1. The van der Waals surface area contributed by atoms with Crippen LogP contribution in [0, 0.1) is 0 Å². The van der Waals surface area contributed by atoms with Crippen LogP contribution in [0.15, 0.2) is 35.1 Å². The fraction of sp³-hybridized carbons (Fsp3) is 0.214. The van der Waals surface area contributed by atoms with Gasteiger partial charge in [-0.15, -0.1) is 0 Å². The number of nitrogens with one attached hydrogen (secondary N) is 2. The molecule has 1 aromatic heterocycles. The van der Waals surface area contributed by atoms with E-state index in [0.717, 1.165) is 4.47 Å². The molecule has 7 heteroatoms. The molecule has 1 heterocycles. The van der Waals surface area contributed by atoms with Gasteiger partial charge < -0.3 is 15.4 Å². The van der Waals surface area contributed by atoms with E-state index < -0.39 is 0 Å². The van der Waals surface area contributed by atoms with Gasteiger partial charge in [-0.25, -0.2) is 4.98 Å². The van der Waals surface area contributed by atoms with Crippen molar-refractivity contribution in [2.24, 2.45) is 0 Å². The number of benzene rings is 1. The van der Waals surface area contributed by atoms with E-state index in [-0.39, 0.29) is 11.6 Å². The molecule has 0 saturated carbocycles. The molecule has 110 valence electrons. The average Bonchev–Trinajstić information content (AvgIpc) is 2.47. The molecule has 0 saturated heterocycles. The fourth-order valence-electron chi connectivity index (χ4n) is 1.69. The van der Waals surface area contributed by atoms with Crippen molar-refractivity contribution in [2.75, 3.05) is 24.3 Å². The molecule has 0 bridgehead atoms. The van der Waals surface area contributed by atoms with Crippen molar-refractivity contribution >= 4 is 33.3 Å². The summed E-state index contributed by atoms with van der Waals surface area (Å²) in [5.41, 5.74) is 0.856. The number of halogens is 1. The van der Waals surface area contributed by atoms with Gasteiger partial charge in [-0.3, -0.25) is 9.78 Å². The number of anilines is 2. The van der Waals surface area contributed by atoms with Crippen LogP contribution in [0.4, 0.5) is 11.5 Å². The van der Waals surface area contributed by atoms with Crippen LogP contribution in [0.2, 0.25) is 0 Å². The molecule has 2 N–H and O–H groups in total. The topological polar surface area (TPSA) is 76.1 Å². The Labute approximate surface area is 131 Å². The van der Waals surface area contributed by atoms with Crippen LogP contribution in [0.1, 0.15) is 17.4 Å². The van der Waals surface area contributed by atoms with Crippen molar-refractivity contribution in [3.63, 3.8) is 0 Å². The lowest BCUT2D eigenvalue weighted by molar-refractivity contribution is 0.102. The van der Waals surface area contributed by atoms with Crippen molar-refractivity contribution in [3.8, 4) is 5.75 Å². The molecule has 1 amide bonds. The van der Waals surface area contributed by atoms with E-state index >= 15 is 0 Å². The minimum Gasteiger partial charge on any atom is -0.497 e. The molecule has 2 rings (SSSR count). The van der Waals surface area contributed by atoms with Crippen LogP contribution in [0.3, 0.4) is 0 Å². The largest absolute Gasteiger partial charge is 0.497 e. The van der Waals surface area contributed by atoms with Gasteiger partial charge >= 0.3 is 0 Å². The van der Waals surface area contributed by atoms with Crippen LogP contribution in [-0.4, -0.2) is 29.5 Å². The Morgan fingerprint density at radius 2 is 2.14 bits per heavy atom. The van der Waals surface area contributed by atoms with Gasteiger partial charge in [-0.2, -0.15) is 0 Å². The van der Waals surface area contributed by atoms with E-state index in [9.17, 15) is 4.79 Å². The molecule has 1 aromatic carbocycles. The van der Waals surface area contributed by atoms with Gasteiger partial charge in [0, 0.05) is 22.8 Å². The highest BCUT2D eigenvalue weighted by molar-refractivity contribution is 9.10. The van der Waals surface area contributed by atoms with Crippen molar-refractivity contribution in [3.05, 3.63) is 40.8 Å². The predicted molar refractivity (Wildman–Crippen MR) is 84.8 cm³/mol. The summed E-state index contributed by atoms with van der Waals surface area (Å²) >= 11 is 3.36. The minimum absolute atomic E-state index is 0.243. The maximum absolute atomic E-state index is 12.2. The Hall–Kier alpha value is -2.15. The summed E-state index contributed by atoms with van der Waals surface area (Å²) in [7, 11) is 1.57. The molecule has 0 aliphatic rings. The first-order valence-corrected chi connectivity index (χ1v) is 7.13. The van der Waals surface area contributed by atoms with E-state index in [1.165, 1.54) is 6.20 Å². The predicted octanol–water partition coefficient (Wildman–Crippen LogP) is 2.93. The first-order chi connectivity index (χ1) is 10.1. The van der Waals surface area contributed by atoms with Gasteiger partial charge in [0.15, 0.2) is 0 Å². The zero-order chi connectivity index (χ0) is 15.2. The molecule has 21 heavy (non-hydrogen) atoms. The normalized spacial score (nSPS) is 10.0. The molecule has 0 spiro atoms. The smallest absolute Gasteiger partial charge is 0.275 e. The lowest BCUT2D eigenvalue weighted by Crippen LogP contribution is -2.15. The zero-order valence-electron chi connectivity index (χ0n) is 11.7. The van der Waals surface area contributed by atoms with Gasteiger partial charge in [0.25, 0.3) is 5.91 Å². The van der Waals surface area contributed by atoms with Crippen molar-refractivity contribution in [2.45, 2.75) is 6.92 Å². The second kappa shape index (κ2) is 7.03. The number of methoxy groups -OCH3 is 1. The van der Waals surface area contributed by atoms with E-state index in [1.807, 2.05) is 6.92 Å². The molecular formula is C14H15BrN4O2. The maximum Gasteiger partial charge on any atom is 0.275 e. The van der Waals surface area contributed by atoms with Crippen molar-refractivity contribution < 1.29 is 9.53 Å². The third-order valence-electron chi connectivity index (χ3n) is 2.59. The quantitative estimate of drug-likeness (QED) is 0.866. The van der Waals surface area contributed by atoms with Gasteiger partial charge in [0.05, 0.1) is 19.5 Å². The number of hydrogen-bond donors (Lipinski definition) is 2. The zero-order valence-corrected chi connectivity index (χ0v) is 13.3. The minimum atomic E-state index is -0.331. The number of aromatic nitrogens is 2. The van der Waals surface area contributed by atoms with E-state index in [2.05, 4.69) is 36.5 Å². The van der Waals surface area contributed by atoms with Crippen molar-refractivity contribution in [1.29, 1.82) is 0 Å². The number of nitrogens with zero attached hydrogens (tertiary/aromatic N) is 2. The highest BCUT2D eigenvalue weighted by Gasteiger charge is 2.10. The highest BCUT2D eigenvalue weighted by Crippen LogP contribution is 2.24. The molecule has 0 aliphatic carbocycles. The van der Waals surface area contributed by atoms with Crippen LogP contribution >= 0.6 is 15.9 Å². The second-order valence-corrected chi connectivity index (χ2v) is 5.07. The summed E-state index contributed by atoms with van der Waals surface area (Å²) in [4.78, 5) is 20.4. The second-order valence-electron chi connectivity index (χ2n) is 4.15. The van der Waals surface area contributed by atoms with E-state index in [0.29, 0.717) is 23.8 Å². The fourth-order valence-corrected chi connectivity index (χ4v) is 2.16. The van der Waals surface area contributed by atoms with Gasteiger partial charge in [-0.05, 0) is 19.1 Å². The van der Waals surface area contributed by atoms with Crippen LogP contribution in [-0.2, 0) is 0 Å². The highest BCUT2D eigenvalue weighted by atomic mass is 79.9.